The first-order valence-corrected chi connectivity index (χ1v) is 9.46. The van der Waals surface area contributed by atoms with Crippen LogP contribution in [-0.2, 0) is 9.84 Å². The summed E-state index contributed by atoms with van der Waals surface area (Å²) in [6, 6.07) is 9.39. The zero-order valence-corrected chi connectivity index (χ0v) is 14.4. The second-order valence-corrected chi connectivity index (χ2v) is 8.90. The van der Waals surface area contributed by atoms with Crippen LogP contribution in [0.3, 0.4) is 0 Å². The van der Waals surface area contributed by atoms with Crippen molar-refractivity contribution in [2.45, 2.75) is 38.6 Å². The van der Waals surface area contributed by atoms with Crippen molar-refractivity contribution in [3.63, 3.8) is 0 Å². The van der Waals surface area contributed by atoms with E-state index in [9.17, 15) is 8.42 Å². The summed E-state index contributed by atoms with van der Waals surface area (Å²) in [5.74, 6) is 0.129. The van der Waals surface area contributed by atoms with Gasteiger partial charge in [0.15, 0.2) is 9.84 Å². The molecule has 1 unspecified atom stereocenters. The van der Waals surface area contributed by atoms with Crippen LogP contribution in [0.15, 0.2) is 35.2 Å². The first-order valence-electron chi connectivity index (χ1n) is 6.99. The quantitative estimate of drug-likeness (QED) is 0.890. The van der Waals surface area contributed by atoms with Crippen LogP contribution < -0.4 is 5.32 Å². The van der Waals surface area contributed by atoms with Gasteiger partial charge in [0.2, 0.25) is 0 Å². The minimum Gasteiger partial charge on any atom is -0.378 e. The van der Waals surface area contributed by atoms with E-state index in [4.69, 9.17) is 0 Å². The van der Waals surface area contributed by atoms with Crippen LogP contribution in [0.2, 0.25) is 0 Å². The molecule has 1 aromatic carbocycles. The van der Waals surface area contributed by atoms with Gasteiger partial charge in [0.25, 0.3) is 0 Å². The molecule has 0 aliphatic heterocycles. The normalized spacial score (nSPS) is 13.1. The SMILES string of the molecule is CCS(=O)(=O)c1ccc(NC(C)c2cc(C)sc2C)cc1. The fraction of sp³-hybridized carbons (Fsp3) is 0.375. The first-order chi connectivity index (χ1) is 9.83. The maximum atomic E-state index is 11.8. The van der Waals surface area contributed by atoms with E-state index < -0.39 is 9.84 Å². The van der Waals surface area contributed by atoms with Gasteiger partial charge in [0, 0.05) is 21.5 Å². The van der Waals surface area contributed by atoms with Gasteiger partial charge in [-0.25, -0.2) is 8.42 Å². The maximum absolute atomic E-state index is 11.8. The van der Waals surface area contributed by atoms with Gasteiger partial charge in [-0.1, -0.05) is 6.92 Å². The molecule has 0 aliphatic carbocycles. The predicted molar refractivity (Wildman–Crippen MR) is 90.0 cm³/mol. The minimum atomic E-state index is -3.13. The number of benzene rings is 1. The van der Waals surface area contributed by atoms with E-state index in [0.29, 0.717) is 4.90 Å². The van der Waals surface area contributed by atoms with Crippen molar-refractivity contribution in [1.29, 1.82) is 0 Å². The van der Waals surface area contributed by atoms with E-state index in [1.54, 1.807) is 30.4 Å². The third kappa shape index (κ3) is 3.66. The lowest BCUT2D eigenvalue weighted by molar-refractivity contribution is 0.597. The van der Waals surface area contributed by atoms with Gasteiger partial charge in [0.05, 0.1) is 10.6 Å². The number of rotatable bonds is 5. The molecule has 114 valence electrons. The van der Waals surface area contributed by atoms with E-state index in [2.05, 4.69) is 32.2 Å². The van der Waals surface area contributed by atoms with Crippen LogP contribution in [-0.4, -0.2) is 14.2 Å². The molecule has 1 atom stereocenters. The number of nitrogens with one attached hydrogen (secondary N) is 1. The molecule has 2 aromatic rings. The van der Waals surface area contributed by atoms with Gasteiger partial charge in [-0.3, -0.25) is 0 Å². The smallest absolute Gasteiger partial charge is 0.178 e. The molecule has 0 bridgehead atoms. The number of thiophene rings is 1. The molecular weight excluding hydrogens is 302 g/mol. The van der Waals surface area contributed by atoms with Crippen LogP contribution in [0, 0.1) is 13.8 Å². The van der Waals surface area contributed by atoms with Crippen molar-refractivity contribution in [2.24, 2.45) is 0 Å². The lowest BCUT2D eigenvalue weighted by Gasteiger charge is -2.15. The molecule has 0 amide bonds. The Kier molecular flexibility index (Phi) is 4.74. The van der Waals surface area contributed by atoms with Gasteiger partial charge in [0.1, 0.15) is 0 Å². The van der Waals surface area contributed by atoms with Gasteiger partial charge >= 0.3 is 0 Å². The maximum Gasteiger partial charge on any atom is 0.178 e. The van der Waals surface area contributed by atoms with Crippen LogP contribution in [0.1, 0.15) is 35.2 Å². The summed E-state index contributed by atoms with van der Waals surface area (Å²) in [7, 11) is -3.13. The summed E-state index contributed by atoms with van der Waals surface area (Å²) in [6.07, 6.45) is 0. The lowest BCUT2D eigenvalue weighted by Crippen LogP contribution is -2.07. The van der Waals surface area contributed by atoms with Crippen LogP contribution in [0.25, 0.3) is 0 Å². The number of aryl methyl sites for hydroxylation is 2. The standard InChI is InChI=1S/C16H21NO2S2/c1-5-21(18,19)15-8-6-14(7-9-15)17-12(3)16-10-11(2)20-13(16)4/h6-10,12,17H,5H2,1-4H3. The second kappa shape index (κ2) is 6.20. The molecule has 1 aromatic heterocycles. The highest BCUT2D eigenvalue weighted by molar-refractivity contribution is 7.91. The van der Waals surface area contributed by atoms with Crippen LogP contribution >= 0.6 is 11.3 Å². The third-order valence-electron chi connectivity index (χ3n) is 3.52. The molecule has 0 aliphatic rings. The number of hydrogen-bond donors (Lipinski definition) is 1. The van der Waals surface area contributed by atoms with Crippen molar-refractivity contribution in [3.05, 3.63) is 45.6 Å². The van der Waals surface area contributed by atoms with E-state index in [0.717, 1.165) is 5.69 Å². The summed E-state index contributed by atoms with van der Waals surface area (Å²) < 4.78 is 23.6. The summed E-state index contributed by atoms with van der Waals surface area (Å²) in [4.78, 5) is 3.00. The average molecular weight is 323 g/mol. The van der Waals surface area contributed by atoms with Gasteiger partial charge in [-0.15, -0.1) is 11.3 Å². The monoisotopic (exact) mass is 323 g/mol. The number of sulfone groups is 1. The summed E-state index contributed by atoms with van der Waals surface area (Å²) in [5, 5.41) is 3.42. The Morgan fingerprint density at radius 3 is 2.29 bits per heavy atom. The van der Waals surface area contributed by atoms with Crippen molar-refractivity contribution in [2.75, 3.05) is 11.1 Å². The highest BCUT2D eigenvalue weighted by Crippen LogP contribution is 2.28. The van der Waals surface area contributed by atoms with Crippen molar-refractivity contribution < 1.29 is 8.42 Å². The van der Waals surface area contributed by atoms with Crippen LogP contribution in [0.4, 0.5) is 5.69 Å². The highest BCUT2D eigenvalue weighted by Gasteiger charge is 2.13. The zero-order valence-electron chi connectivity index (χ0n) is 12.8. The summed E-state index contributed by atoms with van der Waals surface area (Å²) >= 11 is 1.80. The minimum absolute atomic E-state index is 0.129. The average Bonchev–Trinajstić information content (AvgIpc) is 2.78. The molecule has 0 saturated heterocycles. The van der Waals surface area contributed by atoms with E-state index in [1.807, 2.05) is 12.1 Å². The molecule has 5 heteroatoms. The topological polar surface area (TPSA) is 46.2 Å². The number of anilines is 1. The highest BCUT2D eigenvalue weighted by atomic mass is 32.2. The van der Waals surface area contributed by atoms with Crippen molar-refractivity contribution >= 4 is 26.9 Å². The van der Waals surface area contributed by atoms with Crippen LogP contribution in [0.5, 0.6) is 0 Å². The molecule has 1 N–H and O–H groups in total. The Morgan fingerprint density at radius 2 is 1.81 bits per heavy atom. The zero-order chi connectivity index (χ0) is 15.6. The Hall–Kier alpha value is -1.33. The third-order valence-corrected chi connectivity index (χ3v) is 6.25. The molecular formula is C16H21NO2S2. The fourth-order valence-electron chi connectivity index (χ4n) is 2.33. The Morgan fingerprint density at radius 1 is 1.19 bits per heavy atom. The largest absolute Gasteiger partial charge is 0.378 e. The summed E-state index contributed by atoms with van der Waals surface area (Å²) in [5.41, 5.74) is 2.23. The molecule has 0 saturated carbocycles. The molecule has 2 rings (SSSR count). The Bertz CT molecular complexity index is 715. The fourth-order valence-corrected chi connectivity index (χ4v) is 4.24. The molecule has 0 fully saturated rings. The van der Waals surface area contributed by atoms with Crippen molar-refractivity contribution in [3.8, 4) is 0 Å². The summed E-state index contributed by atoms with van der Waals surface area (Å²) in [6.45, 7) is 8.01. The number of hydrogen-bond acceptors (Lipinski definition) is 4. The second-order valence-electron chi connectivity index (χ2n) is 5.16. The molecule has 21 heavy (non-hydrogen) atoms. The van der Waals surface area contributed by atoms with E-state index >= 15 is 0 Å². The predicted octanol–water partition coefficient (Wildman–Crippen LogP) is 4.33. The Labute approximate surface area is 130 Å². The molecule has 3 nitrogen and oxygen atoms in total. The lowest BCUT2D eigenvalue weighted by atomic mass is 10.1. The molecule has 0 spiro atoms. The Balaban J connectivity index is 2.15. The van der Waals surface area contributed by atoms with E-state index in [-0.39, 0.29) is 11.8 Å². The molecule has 0 radical (unpaired) electrons. The van der Waals surface area contributed by atoms with Gasteiger partial charge in [-0.2, -0.15) is 0 Å². The molecule has 1 heterocycles. The van der Waals surface area contributed by atoms with E-state index in [1.165, 1.54) is 15.3 Å². The van der Waals surface area contributed by atoms with Crippen molar-refractivity contribution in [1.82, 2.24) is 0 Å². The van der Waals surface area contributed by atoms with Gasteiger partial charge in [-0.05, 0) is 56.7 Å². The first kappa shape index (κ1) is 16.0. The van der Waals surface area contributed by atoms with Gasteiger partial charge < -0.3 is 5.32 Å².